The fraction of sp³-hybridized carbons (Fsp3) is 0.158. The maximum Gasteiger partial charge on any atom is 0.276 e. The van der Waals surface area contributed by atoms with Crippen molar-refractivity contribution in [2.24, 2.45) is 0 Å². The summed E-state index contributed by atoms with van der Waals surface area (Å²) < 4.78 is 5.50. The van der Waals surface area contributed by atoms with Gasteiger partial charge in [0.2, 0.25) is 0 Å². The van der Waals surface area contributed by atoms with Crippen LogP contribution in [-0.4, -0.2) is 27.7 Å². The van der Waals surface area contributed by atoms with E-state index in [0.717, 1.165) is 5.56 Å². The summed E-state index contributed by atoms with van der Waals surface area (Å²) in [4.78, 5) is 16.4. The molecule has 0 aliphatic carbocycles. The number of carbonyl (C=O) groups is 1. The Morgan fingerprint density at radius 2 is 1.96 bits per heavy atom. The molecule has 1 amide bonds. The largest absolute Gasteiger partial charge is 0.492 e. The van der Waals surface area contributed by atoms with E-state index < -0.39 is 0 Å². The average Bonchev–Trinajstić information content (AvgIpc) is 2.69. The zero-order valence-electron chi connectivity index (χ0n) is 14.3. The molecule has 3 rings (SSSR count). The molecular formula is C19H19N5O2. The van der Waals surface area contributed by atoms with Gasteiger partial charge in [-0.15, -0.1) is 10.2 Å². The molecule has 0 atom stereocenters. The van der Waals surface area contributed by atoms with Gasteiger partial charge in [0.1, 0.15) is 11.6 Å². The van der Waals surface area contributed by atoms with Gasteiger partial charge in [0.15, 0.2) is 5.69 Å². The highest BCUT2D eigenvalue weighted by Crippen LogP contribution is 2.24. The maximum absolute atomic E-state index is 12.4. The van der Waals surface area contributed by atoms with Crippen LogP contribution in [0.3, 0.4) is 0 Å². The van der Waals surface area contributed by atoms with Crippen molar-refractivity contribution in [3.63, 3.8) is 0 Å². The van der Waals surface area contributed by atoms with Crippen molar-refractivity contribution in [1.29, 1.82) is 0 Å². The molecule has 0 spiro atoms. The average molecular weight is 349 g/mol. The summed E-state index contributed by atoms with van der Waals surface area (Å²) in [6.07, 6.45) is 3.50. The molecule has 2 N–H and O–H groups in total. The summed E-state index contributed by atoms with van der Waals surface area (Å²) >= 11 is 0. The summed E-state index contributed by atoms with van der Waals surface area (Å²) in [5.74, 6) is 0.856. The number of amides is 1. The van der Waals surface area contributed by atoms with Crippen LogP contribution >= 0.6 is 0 Å². The Balaban J connectivity index is 1.62. The van der Waals surface area contributed by atoms with Gasteiger partial charge in [-0.3, -0.25) is 9.78 Å². The van der Waals surface area contributed by atoms with Crippen LogP contribution in [0.25, 0.3) is 0 Å². The van der Waals surface area contributed by atoms with Crippen LogP contribution in [-0.2, 0) is 6.54 Å². The summed E-state index contributed by atoms with van der Waals surface area (Å²) in [5, 5.41) is 14.0. The number of nitrogens with zero attached hydrogens (tertiary/aromatic N) is 3. The molecule has 0 fully saturated rings. The fourth-order valence-electron chi connectivity index (χ4n) is 2.28. The summed E-state index contributed by atoms with van der Waals surface area (Å²) in [5.41, 5.74) is 1.85. The van der Waals surface area contributed by atoms with Crippen LogP contribution in [0.2, 0.25) is 0 Å². The highest BCUT2D eigenvalue weighted by Gasteiger charge is 2.11. The first kappa shape index (κ1) is 17.3. The van der Waals surface area contributed by atoms with Gasteiger partial charge in [-0.25, -0.2) is 0 Å². The lowest BCUT2D eigenvalue weighted by Gasteiger charge is -2.11. The third kappa shape index (κ3) is 4.54. The second-order valence-electron chi connectivity index (χ2n) is 5.40. The normalized spacial score (nSPS) is 10.2. The summed E-state index contributed by atoms with van der Waals surface area (Å²) in [6, 6.07) is 14.4. The van der Waals surface area contributed by atoms with Crippen molar-refractivity contribution in [2.45, 2.75) is 13.5 Å². The molecule has 26 heavy (non-hydrogen) atoms. The van der Waals surface area contributed by atoms with E-state index in [-0.39, 0.29) is 11.6 Å². The number of hydrogen-bond acceptors (Lipinski definition) is 6. The van der Waals surface area contributed by atoms with Crippen molar-refractivity contribution in [1.82, 2.24) is 15.2 Å². The lowest BCUT2D eigenvalue weighted by Crippen LogP contribution is -2.15. The van der Waals surface area contributed by atoms with E-state index in [0.29, 0.717) is 30.4 Å². The van der Waals surface area contributed by atoms with Gasteiger partial charge in [-0.05, 0) is 42.8 Å². The quantitative estimate of drug-likeness (QED) is 0.681. The zero-order chi connectivity index (χ0) is 18.2. The van der Waals surface area contributed by atoms with E-state index in [1.54, 1.807) is 36.7 Å². The van der Waals surface area contributed by atoms with Crippen molar-refractivity contribution in [3.8, 4) is 5.75 Å². The molecule has 0 radical (unpaired) electrons. The van der Waals surface area contributed by atoms with Crippen LogP contribution < -0.4 is 15.4 Å². The molecule has 0 saturated heterocycles. The Labute approximate surface area is 151 Å². The molecule has 7 heteroatoms. The minimum Gasteiger partial charge on any atom is -0.492 e. The number of ether oxygens (including phenoxy) is 1. The van der Waals surface area contributed by atoms with Crippen molar-refractivity contribution in [2.75, 3.05) is 17.2 Å². The molecule has 0 aliphatic heterocycles. The Kier molecular flexibility index (Phi) is 5.72. The summed E-state index contributed by atoms with van der Waals surface area (Å²) in [6.45, 7) is 2.99. The molecular weight excluding hydrogens is 330 g/mol. The maximum atomic E-state index is 12.4. The fourth-order valence-corrected chi connectivity index (χ4v) is 2.28. The SMILES string of the molecule is CCOc1ccccc1NC(=O)c1ccc(NCc2cccnc2)nn1. The van der Waals surface area contributed by atoms with E-state index in [1.165, 1.54) is 0 Å². The van der Waals surface area contributed by atoms with Gasteiger partial charge >= 0.3 is 0 Å². The van der Waals surface area contributed by atoms with Crippen molar-refractivity contribution in [3.05, 3.63) is 72.2 Å². The van der Waals surface area contributed by atoms with Gasteiger partial charge in [0.25, 0.3) is 5.91 Å². The predicted octanol–water partition coefficient (Wildman–Crippen LogP) is 3.13. The molecule has 0 saturated carbocycles. The van der Waals surface area contributed by atoms with Crippen LogP contribution in [0.15, 0.2) is 60.9 Å². The van der Waals surface area contributed by atoms with Crippen LogP contribution in [0.1, 0.15) is 23.0 Å². The Morgan fingerprint density at radius 3 is 2.69 bits per heavy atom. The highest BCUT2D eigenvalue weighted by molar-refractivity contribution is 6.03. The van der Waals surface area contributed by atoms with Crippen LogP contribution in [0, 0.1) is 0 Å². The van der Waals surface area contributed by atoms with E-state index in [4.69, 9.17) is 4.74 Å². The minimum absolute atomic E-state index is 0.225. The Hall–Kier alpha value is -3.48. The van der Waals surface area contributed by atoms with E-state index in [9.17, 15) is 4.79 Å². The Bertz CT molecular complexity index is 853. The number of rotatable bonds is 7. The number of para-hydroxylation sites is 2. The number of benzene rings is 1. The van der Waals surface area contributed by atoms with Gasteiger partial charge in [0, 0.05) is 18.9 Å². The van der Waals surface area contributed by atoms with Crippen LogP contribution in [0.4, 0.5) is 11.5 Å². The van der Waals surface area contributed by atoms with E-state index >= 15 is 0 Å². The standard InChI is InChI=1S/C19H19N5O2/c1-2-26-17-8-4-3-7-15(17)22-19(25)16-9-10-18(24-23-16)21-13-14-6-5-11-20-12-14/h3-12H,2,13H2,1H3,(H,21,24)(H,22,25). The van der Waals surface area contributed by atoms with E-state index in [1.807, 2.05) is 31.2 Å². The topological polar surface area (TPSA) is 89.0 Å². The van der Waals surface area contributed by atoms with Crippen LogP contribution in [0.5, 0.6) is 5.75 Å². The third-order valence-corrected chi connectivity index (χ3v) is 3.53. The zero-order valence-corrected chi connectivity index (χ0v) is 14.3. The van der Waals surface area contributed by atoms with Gasteiger partial charge in [0.05, 0.1) is 12.3 Å². The smallest absolute Gasteiger partial charge is 0.276 e. The molecule has 0 bridgehead atoms. The number of hydrogen-bond donors (Lipinski definition) is 2. The lowest BCUT2D eigenvalue weighted by atomic mass is 10.2. The number of nitrogens with one attached hydrogen (secondary N) is 2. The molecule has 2 aromatic heterocycles. The first-order valence-corrected chi connectivity index (χ1v) is 8.26. The number of carbonyl (C=O) groups excluding carboxylic acids is 1. The van der Waals surface area contributed by atoms with E-state index in [2.05, 4.69) is 25.8 Å². The lowest BCUT2D eigenvalue weighted by molar-refractivity contribution is 0.102. The molecule has 132 valence electrons. The van der Waals surface area contributed by atoms with Gasteiger partial charge in [-0.1, -0.05) is 18.2 Å². The molecule has 7 nitrogen and oxygen atoms in total. The highest BCUT2D eigenvalue weighted by atomic mass is 16.5. The molecule has 3 aromatic rings. The minimum atomic E-state index is -0.344. The molecule has 1 aromatic carbocycles. The molecule has 0 unspecified atom stereocenters. The third-order valence-electron chi connectivity index (χ3n) is 3.53. The van der Waals surface area contributed by atoms with Gasteiger partial charge in [-0.2, -0.15) is 0 Å². The molecule has 2 heterocycles. The number of anilines is 2. The summed E-state index contributed by atoms with van der Waals surface area (Å²) in [7, 11) is 0. The molecule has 0 aliphatic rings. The Morgan fingerprint density at radius 1 is 1.08 bits per heavy atom. The van der Waals surface area contributed by atoms with Crippen molar-refractivity contribution >= 4 is 17.4 Å². The van der Waals surface area contributed by atoms with Crippen molar-refractivity contribution < 1.29 is 9.53 Å². The first-order chi connectivity index (χ1) is 12.8. The number of pyridine rings is 1. The first-order valence-electron chi connectivity index (χ1n) is 8.26. The number of aromatic nitrogens is 3. The second kappa shape index (κ2) is 8.57. The van der Waals surface area contributed by atoms with Gasteiger partial charge < -0.3 is 15.4 Å². The second-order valence-corrected chi connectivity index (χ2v) is 5.40. The predicted molar refractivity (Wildman–Crippen MR) is 99.2 cm³/mol. The monoisotopic (exact) mass is 349 g/mol.